The van der Waals surface area contributed by atoms with Crippen molar-refractivity contribution < 1.29 is 0 Å². The molecule has 0 bridgehead atoms. The van der Waals surface area contributed by atoms with Gasteiger partial charge in [0, 0.05) is 101 Å². The molecule has 0 spiro atoms. The molecule has 0 atom stereocenters. The first kappa shape index (κ1) is 65.1. The van der Waals surface area contributed by atoms with E-state index in [-0.39, 0.29) is 6.71 Å². The van der Waals surface area contributed by atoms with E-state index in [4.69, 9.17) is 44.9 Å². The minimum absolute atomic E-state index is 0.0485. The Morgan fingerprint density at radius 1 is 0.188 bits per heavy atom. The highest BCUT2D eigenvalue weighted by Crippen LogP contribution is 2.46. The Labute approximate surface area is 646 Å². The average Bonchev–Trinajstić information content (AvgIpc) is 1.60. The first-order valence-corrected chi connectivity index (χ1v) is 37.5. The maximum absolute atomic E-state index is 5.30. The van der Waals surface area contributed by atoms with Gasteiger partial charge in [-0.3, -0.25) is 0 Å². The number of rotatable bonds is 14. The van der Waals surface area contributed by atoms with Crippen LogP contribution < -0.4 is 26.2 Å². The van der Waals surface area contributed by atoms with Crippen LogP contribution in [-0.2, 0) is 0 Å². The summed E-state index contributed by atoms with van der Waals surface area (Å²) in [6, 6.07) is 134. The van der Waals surface area contributed by atoms with Crippen molar-refractivity contribution in [1.29, 1.82) is 0 Å². The Hall–Kier alpha value is -15.2. The smallest absolute Gasteiger partial charge is 0.252 e. The number of para-hydroxylation sites is 3. The molecule has 0 N–H and O–H groups in total. The minimum atomic E-state index is 0.0485. The maximum Gasteiger partial charge on any atom is 0.252 e. The number of nitrogens with zero attached hydrogens (tertiary/aromatic N) is 12. The van der Waals surface area contributed by atoms with E-state index in [2.05, 4.69) is 215 Å². The first-order chi connectivity index (χ1) is 55.5. The standard InChI is InChI=1S/C99H63BN12/c1-8-27-67(28-9-1)91-101-92(68-29-10-2-11-30-68)105-97(104-91)73-53-58-83(78(61-73)66-49-47-64(48-50-66)65-51-56-77(57-52-65)111-87-44-25-23-42-82(87)100-81-41-22-24-43-86(81)110(76-39-20-7-21-40-76)88-45-26-46-89(111)90(88)100)112-84-59-54-74(98-106-93(69-31-12-3-13-32-69)102-94(107-98)70-33-14-4-15-34-70)62-79(84)80-63-75(55-60-85(80)112)99-108-95(71-35-16-5-17-36-71)103-96(109-99)72-37-18-6-19-38-72/h1-63H. The van der Waals surface area contributed by atoms with Gasteiger partial charge in [0.15, 0.2) is 52.4 Å². The van der Waals surface area contributed by atoms with Crippen LogP contribution in [0.15, 0.2) is 382 Å². The molecule has 0 amide bonds. The fourth-order valence-corrected chi connectivity index (χ4v) is 16.1. The molecule has 0 saturated heterocycles. The van der Waals surface area contributed by atoms with Crippen LogP contribution in [0.5, 0.6) is 0 Å². The Kier molecular flexibility index (Phi) is 16.0. The Morgan fingerprint density at radius 3 is 0.839 bits per heavy atom. The molecule has 0 radical (unpaired) electrons. The van der Waals surface area contributed by atoms with E-state index in [0.29, 0.717) is 52.4 Å². The summed E-state index contributed by atoms with van der Waals surface area (Å²) in [6.07, 6.45) is 0. The van der Waals surface area contributed by atoms with Crippen LogP contribution in [0.1, 0.15) is 0 Å². The summed E-state index contributed by atoms with van der Waals surface area (Å²) in [6.45, 7) is 0.0485. The first-order valence-electron chi connectivity index (χ1n) is 37.5. The van der Waals surface area contributed by atoms with Gasteiger partial charge in [0.1, 0.15) is 0 Å². The SMILES string of the molecule is c1ccc(-c2nc(-c3ccccc3)nc(-c3ccc(-n4c5ccc(-c6nc(-c7ccccc7)nc(-c7ccccc7)n6)cc5c5cc(-c6nc(-c7ccccc7)nc(-c7ccccc7)n6)ccc54)c(-c4ccc(-c5ccc(N6c7ccccc7B7c8ccccc8N(c8ccccc8)c8cccc6c87)cc5)cc4)c3)n2)cc1. The highest BCUT2D eigenvalue weighted by atomic mass is 15.2. The molecule has 2 aliphatic heterocycles. The fourth-order valence-electron chi connectivity index (χ4n) is 16.1. The van der Waals surface area contributed by atoms with Gasteiger partial charge >= 0.3 is 0 Å². The molecule has 2 aliphatic rings. The molecule has 12 nitrogen and oxygen atoms in total. The van der Waals surface area contributed by atoms with Crippen molar-refractivity contribution in [3.05, 3.63) is 382 Å². The molecule has 21 rings (SSSR count). The highest BCUT2D eigenvalue weighted by molar-refractivity contribution is 7.00. The number of hydrogen-bond acceptors (Lipinski definition) is 11. The van der Waals surface area contributed by atoms with Gasteiger partial charge in [0.05, 0.1) is 16.7 Å². The topological polar surface area (TPSA) is 127 Å². The fraction of sp³-hybridized carbons (Fsp3) is 0. The molecule has 0 aliphatic carbocycles. The third-order valence-corrected chi connectivity index (χ3v) is 21.4. The summed E-state index contributed by atoms with van der Waals surface area (Å²) in [5.41, 5.74) is 25.4. The predicted molar refractivity (Wildman–Crippen MR) is 455 cm³/mol. The normalized spacial score (nSPS) is 12.1. The van der Waals surface area contributed by atoms with E-state index < -0.39 is 0 Å². The molecule has 6 heterocycles. The summed E-state index contributed by atoms with van der Waals surface area (Å²) in [7, 11) is 0. The number of anilines is 6. The average molecular weight is 1430 g/mol. The van der Waals surface area contributed by atoms with Crippen molar-refractivity contribution >= 4 is 79.0 Å². The molecule has 0 fully saturated rings. The summed E-state index contributed by atoms with van der Waals surface area (Å²) < 4.78 is 2.38. The van der Waals surface area contributed by atoms with Crippen LogP contribution in [0.2, 0.25) is 0 Å². The number of aromatic nitrogens is 10. The second-order valence-electron chi connectivity index (χ2n) is 28.0. The van der Waals surface area contributed by atoms with Gasteiger partial charge in [0.25, 0.3) is 6.71 Å². The lowest BCUT2D eigenvalue weighted by atomic mass is 9.33. The van der Waals surface area contributed by atoms with E-state index in [1.165, 1.54) is 33.5 Å². The summed E-state index contributed by atoms with van der Waals surface area (Å²) in [5, 5.41) is 1.92. The summed E-state index contributed by atoms with van der Waals surface area (Å²) in [5.74, 6) is 5.07. The van der Waals surface area contributed by atoms with Crippen molar-refractivity contribution in [2.24, 2.45) is 0 Å². The number of benzene rings is 15. The Bertz CT molecular complexity index is 6440. The Morgan fingerprint density at radius 2 is 0.464 bits per heavy atom. The molecule has 13 heteroatoms. The number of fused-ring (bicyclic) bond motifs is 7. The van der Waals surface area contributed by atoms with Gasteiger partial charge in [-0.05, 0) is 136 Å². The van der Waals surface area contributed by atoms with E-state index >= 15 is 0 Å². The van der Waals surface area contributed by atoms with Crippen LogP contribution in [0.25, 0.3) is 152 Å². The van der Waals surface area contributed by atoms with Gasteiger partial charge in [-0.2, -0.15) is 0 Å². The molecule has 4 aromatic heterocycles. The van der Waals surface area contributed by atoms with Crippen molar-refractivity contribution in [3.63, 3.8) is 0 Å². The third kappa shape index (κ3) is 11.6. The van der Waals surface area contributed by atoms with E-state index in [1.54, 1.807) is 0 Å². The van der Waals surface area contributed by atoms with Gasteiger partial charge in [0.2, 0.25) is 0 Å². The molecule has 0 unspecified atom stereocenters. The lowest BCUT2D eigenvalue weighted by Gasteiger charge is -2.44. The predicted octanol–water partition coefficient (Wildman–Crippen LogP) is 21.8. The van der Waals surface area contributed by atoms with Crippen molar-refractivity contribution in [2.45, 2.75) is 0 Å². The highest BCUT2D eigenvalue weighted by Gasteiger charge is 2.43. The maximum atomic E-state index is 5.30. The zero-order valence-corrected chi connectivity index (χ0v) is 60.3. The number of hydrogen-bond donors (Lipinski definition) is 0. The van der Waals surface area contributed by atoms with Crippen molar-refractivity contribution in [2.75, 3.05) is 9.80 Å². The van der Waals surface area contributed by atoms with E-state index in [1.807, 2.05) is 182 Å². The molecular formula is C99H63BN12. The summed E-state index contributed by atoms with van der Waals surface area (Å²) in [4.78, 5) is 51.8. The van der Waals surface area contributed by atoms with Crippen molar-refractivity contribution in [1.82, 2.24) is 49.4 Å². The van der Waals surface area contributed by atoms with E-state index in [9.17, 15) is 0 Å². The van der Waals surface area contributed by atoms with Crippen LogP contribution in [0.4, 0.5) is 34.1 Å². The van der Waals surface area contributed by atoms with Crippen LogP contribution in [-0.4, -0.2) is 56.1 Å². The molecule has 15 aromatic carbocycles. The van der Waals surface area contributed by atoms with Crippen LogP contribution in [0.3, 0.4) is 0 Å². The van der Waals surface area contributed by atoms with Crippen molar-refractivity contribution in [3.8, 4) is 130 Å². The Balaban J connectivity index is 0.736. The largest absolute Gasteiger partial charge is 0.311 e. The summed E-state index contributed by atoms with van der Waals surface area (Å²) >= 11 is 0. The minimum Gasteiger partial charge on any atom is -0.311 e. The van der Waals surface area contributed by atoms with E-state index in [0.717, 1.165) is 117 Å². The monoisotopic (exact) mass is 1430 g/mol. The molecule has 0 saturated carbocycles. The molecule has 112 heavy (non-hydrogen) atoms. The zero-order valence-electron chi connectivity index (χ0n) is 60.3. The second-order valence-corrected chi connectivity index (χ2v) is 28.0. The second kappa shape index (κ2) is 27.5. The quantitative estimate of drug-likeness (QED) is 0.0966. The van der Waals surface area contributed by atoms with Gasteiger partial charge in [-0.15, -0.1) is 0 Å². The molecular weight excluding hydrogens is 1370 g/mol. The lowest BCUT2D eigenvalue weighted by Crippen LogP contribution is -2.61. The van der Waals surface area contributed by atoms with Gasteiger partial charge in [-0.1, -0.05) is 279 Å². The molecule has 19 aromatic rings. The third-order valence-electron chi connectivity index (χ3n) is 21.4. The van der Waals surface area contributed by atoms with Gasteiger partial charge < -0.3 is 14.4 Å². The van der Waals surface area contributed by atoms with Crippen LogP contribution in [0, 0.1) is 0 Å². The van der Waals surface area contributed by atoms with Gasteiger partial charge in [-0.25, -0.2) is 44.9 Å². The molecule has 522 valence electrons. The van der Waals surface area contributed by atoms with Crippen LogP contribution >= 0.6 is 0 Å². The lowest BCUT2D eigenvalue weighted by molar-refractivity contribution is 1.07. The zero-order chi connectivity index (χ0) is 74.0.